The van der Waals surface area contributed by atoms with E-state index in [1.165, 1.54) is 62.7 Å². The van der Waals surface area contributed by atoms with Crippen molar-refractivity contribution in [3.63, 3.8) is 0 Å². The van der Waals surface area contributed by atoms with Gasteiger partial charge in [-0.25, -0.2) is 0 Å². The van der Waals surface area contributed by atoms with Crippen LogP contribution in [0.15, 0.2) is 22.3 Å². The zero-order chi connectivity index (χ0) is 17.9. The maximum absolute atomic E-state index is 11.0. The highest BCUT2D eigenvalue weighted by molar-refractivity contribution is 7.90. The molecule has 0 amide bonds. The second-order valence-corrected chi connectivity index (χ2v) is 7.33. The van der Waals surface area contributed by atoms with Gasteiger partial charge in [0.2, 0.25) is 5.70 Å². The fourth-order valence-corrected chi connectivity index (χ4v) is 3.86. The first kappa shape index (κ1) is 25.0. The van der Waals surface area contributed by atoms with Crippen LogP contribution in [0.3, 0.4) is 0 Å². The molecule has 1 heterocycles. The van der Waals surface area contributed by atoms with Gasteiger partial charge in [0.25, 0.3) is 0 Å². The fraction of sp³-hybridized carbons (Fsp3) is 0.650. The number of thiocarbonyl (C=S) groups is 1. The largest absolute Gasteiger partial charge is 1.00 e. The van der Waals surface area contributed by atoms with Crippen molar-refractivity contribution in [2.24, 2.45) is 0 Å². The molecule has 0 saturated carbocycles. The van der Waals surface area contributed by atoms with Crippen LogP contribution in [0.2, 0.25) is 0 Å². The molecular formula is C20H32INOS2. The highest BCUT2D eigenvalue weighted by Crippen LogP contribution is 2.29. The minimum atomic E-state index is 0. The number of thiol groups is 1. The number of rotatable bonds is 11. The Balaban J connectivity index is 0.00000576. The number of aldehydes is 1. The summed E-state index contributed by atoms with van der Waals surface area (Å²) in [5, 5.41) is 0. The average Bonchev–Trinajstić information content (AvgIpc) is 2.58. The predicted molar refractivity (Wildman–Crippen MR) is 111 cm³/mol. The Morgan fingerprint density at radius 2 is 1.56 bits per heavy atom. The fourth-order valence-electron chi connectivity index (χ4n) is 3.18. The molecular weight excluding hydrogens is 461 g/mol. The third-order valence-electron chi connectivity index (χ3n) is 4.62. The molecule has 0 spiro atoms. The van der Waals surface area contributed by atoms with E-state index in [0.717, 1.165) is 29.7 Å². The van der Waals surface area contributed by atoms with Gasteiger partial charge in [0.15, 0.2) is 5.71 Å². The van der Waals surface area contributed by atoms with E-state index < -0.39 is 0 Å². The van der Waals surface area contributed by atoms with E-state index in [2.05, 4.69) is 18.4 Å². The number of hydrogen-bond donors (Lipinski definition) is 1. The molecule has 0 saturated heterocycles. The second-order valence-electron chi connectivity index (χ2n) is 6.47. The van der Waals surface area contributed by atoms with Gasteiger partial charge in [0, 0.05) is 16.9 Å². The minimum Gasteiger partial charge on any atom is -1.00 e. The Morgan fingerprint density at radius 3 is 2.08 bits per heavy atom. The summed E-state index contributed by atoms with van der Waals surface area (Å²) in [5.41, 5.74) is 3.41. The number of allylic oxidation sites excluding steroid dienone is 3. The molecule has 0 aromatic heterocycles. The van der Waals surface area contributed by atoms with E-state index in [-0.39, 0.29) is 24.0 Å². The smallest absolute Gasteiger partial charge is 0.227 e. The number of unbranched alkanes of at least 4 members (excludes halogenated alkanes) is 6. The Morgan fingerprint density at radius 1 is 1.00 bits per heavy atom. The molecule has 142 valence electrons. The molecule has 1 aliphatic rings. The number of hydrogen-bond acceptors (Lipinski definition) is 3. The average molecular weight is 494 g/mol. The van der Waals surface area contributed by atoms with Crippen molar-refractivity contribution in [2.45, 2.75) is 78.1 Å². The molecule has 0 radical (unpaired) electrons. The summed E-state index contributed by atoms with van der Waals surface area (Å²) in [5.74, 6) is 0. The van der Waals surface area contributed by atoms with E-state index in [1.54, 1.807) is 6.08 Å². The standard InChI is InChI=1S/C20H31NOS2.HI/c1-4-6-8-10-12-16-17(13-11-9-7-5-2)21(3)18(14-15-22)20(24)19(16)23;/h14-15H,4-13H2,1-3H3;1H/b18-14+;. The third kappa shape index (κ3) is 7.63. The molecule has 0 aromatic carbocycles. The van der Waals surface area contributed by atoms with Crippen molar-refractivity contribution < 1.29 is 33.3 Å². The maximum atomic E-state index is 11.0. The molecule has 0 atom stereocenters. The lowest BCUT2D eigenvalue weighted by Gasteiger charge is -2.20. The molecule has 0 unspecified atom stereocenters. The number of halogens is 1. The third-order valence-corrected chi connectivity index (χ3v) is 5.68. The predicted octanol–water partition coefficient (Wildman–Crippen LogP) is 2.66. The first-order chi connectivity index (χ1) is 11.6. The van der Waals surface area contributed by atoms with Gasteiger partial charge in [-0.2, -0.15) is 4.58 Å². The molecule has 0 fully saturated rings. The summed E-state index contributed by atoms with van der Waals surface area (Å²) in [7, 11) is 2.03. The maximum Gasteiger partial charge on any atom is 0.227 e. The molecule has 0 aliphatic carbocycles. The van der Waals surface area contributed by atoms with Crippen molar-refractivity contribution in [3.8, 4) is 0 Å². The van der Waals surface area contributed by atoms with Crippen molar-refractivity contribution in [3.05, 3.63) is 22.3 Å². The quantitative estimate of drug-likeness (QED) is 0.0909. The normalized spacial score (nSPS) is 16.5. The van der Waals surface area contributed by atoms with Gasteiger partial charge in [-0.05, 0) is 19.3 Å². The molecule has 1 rings (SSSR count). The molecule has 0 aromatic rings. The van der Waals surface area contributed by atoms with Crippen LogP contribution >= 0.6 is 24.8 Å². The monoisotopic (exact) mass is 493 g/mol. The summed E-state index contributed by atoms with van der Waals surface area (Å²) in [6.07, 6.45) is 14.3. The van der Waals surface area contributed by atoms with E-state index >= 15 is 0 Å². The molecule has 5 heteroatoms. The highest BCUT2D eigenvalue weighted by Gasteiger charge is 2.32. The van der Waals surface area contributed by atoms with Crippen LogP contribution in [0.1, 0.15) is 78.1 Å². The van der Waals surface area contributed by atoms with Crippen molar-refractivity contribution in [2.75, 3.05) is 7.05 Å². The molecule has 1 aliphatic heterocycles. The topological polar surface area (TPSA) is 20.1 Å². The van der Waals surface area contributed by atoms with Gasteiger partial charge >= 0.3 is 0 Å². The van der Waals surface area contributed by atoms with Gasteiger partial charge in [-0.3, -0.25) is 4.79 Å². The Bertz CT molecular complexity index is 550. The van der Waals surface area contributed by atoms with Crippen LogP contribution in [0.5, 0.6) is 0 Å². The summed E-state index contributed by atoms with van der Waals surface area (Å²) in [6, 6.07) is 0. The number of carbonyl (C=O) groups excluding carboxylic acids is 1. The summed E-state index contributed by atoms with van der Waals surface area (Å²) >= 11 is 10.3. The van der Waals surface area contributed by atoms with Crippen LogP contribution in [0.4, 0.5) is 0 Å². The zero-order valence-electron chi connectivity index (χ0n) is 15.8. The van der Waals surface area contributed by atoms with Crippen molar-refractivity contribution >= 4 is 41.7 Å². The lowest BCUT2D eigenvalue weighted by molar-refractivity contribution is -0.435. The molecule has 0 bridgehead atoms. The first-order valence-corrected chi connectivity index (χ1v) is 10.2. The lowest BCUT2D eigenvalue weighted by atomic mass is 9.93. The van der Waals surface area contributed by atoms with E-state index in [9.17, 15) is 4.79 Å². The first-order valence-electron chi connectivity index (χ1n) is 9.30. The van der Waals surface area contributed by atoms with E-state index in [0.29, 0.717) is 4.86 Å². The van der Waals surface area contributed by atoms with Crippen molar-refractivity contribution in [1.82, 2.24) is 0 Å². The van der Waals surface area contributed by atoms with Gasteiger partial charge in [0.1, 0.15) is 18.2 Å². The number of nitrogens with zero attached hydrogens (tertiary/aromatic N) is 1. The Kier molecular flexibility index (Phi) is 14.1. The van der Waals surface area contributed by atoms with Crippen LogP contribution in [-0.4, -0.2) is 28.5 Å². The van der Waals surface area contributed by atoms with Gasteiger partial charge < -0.3 is 24.0 Å². The second kappa shape index (κ2) is 14.1. The van der Waals surface area contributed by atoms with Crippen LogP contribution in [0, 0.1) is 0 Å². The van der Waals surface area contributed by atoms with E-state index in [4.69, 9.17) is 24.8 Å². The number of carbonyl (C=O) groups is 1. The van der Waals surface area contributed by atoms with Crippen LogP contribution in [-0.2, 0) is 4.79 Å². The Hall–Kier alpha value is -0.0100. The molecule has 25 heavy (non-hydrogen) atoms. The summed E-state index contributed by atoms with van der Waals surface area (Å²) < 4.78 is 2.12. The SMILES string of the molecule is CCCCCCC1=C(S)C(=S)/C(=C\C=O)[N+](C)=C1CCCCCC.[I-]. The Labute approximate surface area is 181 Å². The van der Waals surface area contributed by atoms with E-state index in [1.807, 2.05) is 7.05 Å². The minimum absolute atomic E-state index is 0. The van der Waals surface area contributed by atoms with Crippen LogP contribution in [0.25, 0.3) is 0 Å². The molecule has 0 N–H and O–H groups in total. The van der Waals surface area contributed by atoms with Crippen molar-refractivity contribution in [1.29, 1.82) is 0 Å². The highest BCUT2D eigenvalue weighted by atomic mass is 127. The molecule has 2 nitrogen and oxygen atoms in total. The zero-order valence-corrected chi connectivity index (χ0v) is 19.7. The summed E-state index contributed by atoms with van der Waals surface area (Å²) in [6.45, 7) is 4.46. The summed E-state index contributed by atoms with van der Waals surface area (Å²) in [4.78, 5) is 12.6. The lowest BCUT2D eigenvalue weighted by Crippen LogP contribution is -3.00. The van der Waals surface area contributed by atoms with Gasteiger partial charge in [-0.1, -0.05) is 64.6 Å². The van der Waals surface area contributed by atoms with Crippen LogP contribution < -0.4 is 24.0 Å². The van der Waals surface area contributed by atoms with Gasteiger partial charge in [-0.15, -0.1) is 12.6 Å². The van der Waals surface area contributed by atoms with Gasteiger partial charge in [0.05, 0.1) is 6.08 Å².